The molecule has 7 nitrogen and oxygen atoms in total. The van der Waals surface area contributed by atoms with Crippen molar-refractivity contribution < 1.29 is 29.4 Å². The zero-order valence-electron chi connectivity index (χ0n) is 18.8. The fourth-order valence-corrected chi connectivity index (χ4v) is 3.95. The van der Waals surface area contributed by atoms with Crippen molar-refractivity contribution in [2.45, 2.75) is 51.0 Å². The molecule has 0 spiro atoms. The first-order valence-corrected chi connectivity index (χ1v) is 10.8. The molecule has 1 aromatic carbocycles. The summed E-state index contributed by atoms with van der Waals surface area (Å²) in [4.78, 5) is 19.6. The Labute approximate surface area is 180 Å². The highest BCUT2D eigenvalue weighted by atomic mass is 16.5. The number of carbonyl (C=O) groups is 2. The van der Waals surface area contributed by atoms with E-state index in [4.69, 9.17) is 24.5 Å². The molecule has 1 aliphatic heterocycles. The third-order valence-corrected chi connectivity index (χ3v) is 5.37. The summed E-state index contributed by atoms with van der Waals surface area (Å²) in [5, 5.41) is 20.0. The van der Waals surface area contributed by atoms with Crippen LogP contribution in [0, 0.1) is 5.92 Å². The van der Waals surface area contributed by atoms with Crippen molar-refractivity contribution >= 4 is 11.9 Å². The van der Waals surface area contributed by atoms with Gasteiger partial charge in [0, 0.05) is 19.6 Å². The largest absolute Gasteiger partial charge is 0.539 e. The van der Waals surface area contributed by atoms with E-state index in [1.165, 1.54) is 36.3 Å². The van der Waals surface area contributed by atoms with Crippen LogP contribution in [0.5, 0.6) is 0 Å². The molecule has 1 heterocycles. The molecule has 0 bridgehead atoms. The Balaban J connectivity index is 0.000000656. The van der Waals surface area contributed by atoms with Crippen LogP contribution >= 0.6 is 0 Å². The van der Waals surface area contributed by atoms with Gasteiger partial charge in [0.15, 0.2) is 5.97 Å². The minimum atomic E-state index is -2.07. The van der Waals surface area contributed by atoms with Gasteiger partial charge in [-0.05, 0) is 57.1 Å². The van der Waals surface area contributed by atoms with Crippen molar-refractivity contribution in [1.82, 2.24) is 5.32 Å². The topological polar surface area (TPSA) is 103 Å². The lowest BCUT2D eigenvalue weighted by Crippen LogP contribution is -3.05. The predicted octanol–water partition coefficient (Wildman–Crippen LogP) is 0.311. The maximum atomic E-state index is 9.04. The number of hydrogen-bond acceptors (Lipinski definition) is 5. The molecule has 0 aromatic heterocycles. The van der Waals surface area contributed by atoms with Gasteiger partial charge in [-0.15, -0.1) is 0 Å². The molecule has 0 amide bonds. The van der Waals surface area contributed by atoms with Crippen LogP contribution < -0.4 is 15.3 Å². The fraction of sp³-hybridized carbons (Fsp3) is 0.652. The number of benzene rings is 1. The Hall–Kier alpha value is -1.96. The molecule has 0 aliphatic carbocycles. The number of aliphatic carboxylic acids is 2. The van der Waals surface area contributed by atoms with E-state index in [2.05, 4.69) is 63.6 Å². The molecule has 3 N–H and O–H groups in total. The van der Waals surface area contributed by atoms with E-state index in [0.29, 0.717) is 5.92 Å². The molecule has 7 heteroatoms. The van der Waals surface area contributed by atoms with Crippen LogP contribution in [0.1, 0.15) is 51.0 Å². The molecule has 1 saturated heterocycles. The monoisotopic (exact) mass is 422 g/mol. The molecule has 1 fully saturated rings. The molecule has 2 unspecified atom stereocenters. The Morgan fingerprint density at radius 1 is 1.27 bits per heavy atom. The number of nitrogens with one attached hydrogen (secondary N) is 2. The van der Waals surface area contributed by atoms with Gasteiger partial charge in [0.25, 0.3) is 0 Å². The zero-order valence-corrected chi connectivity index (χ0v) is 18.8. The van der Waals surface area contributed by atoms with Crippen LogP contribution in [0.2, 0.25) is 0 Å². The maximum absolute atomic E-state index is 9.04. The van der Waals surface area contributed by atoms with Crippen molar-refractivity contribution in [3.63, 3.8) is 0 Å². The number of hydrogen-bond donors (Lipinski definition) is 3. The zero-order chi connectivity index (χ0) is 22.6. The lowest BCUT2D eigenvalue weighted by Gasteiger charge is -2.39. The summed E-state index contributed by atoms with van der Waals surface area (Å²) in [6.45, 7) is 8.86. The second kappa shape index (κ2) is 13.4. The van der Waals surface area contributed by atoms with Crippen LogP contribution in [0.4, 0.5) is 0 Å². The third kappa shape index (κ3) is 10.7. The van der Waals surface area contributed by atoms with Gasteiger partial charge in [-0.25, -0.2) is 4.79 Å². The Morgan fingerprint density at radius 3 is 2.43 bits per heavy atom. The maximum Gasteiger partial charge on any atom is 0.351 e. The molecule has 0 radical (unpaired) electrons. The van der Waals surface area contributed by atoms with Gasteiger partial charge in [-0.3, -0.25) is 0 Å². The van der Waals surface area contributed by atoms with Crippen LogP contribution in [0.15, 0.2) is 30.3 Å². The van der Waals surface area contributed by atoms with E-state index >= 15 is 0 Å². The quantitative estimate of drug-likeness (QED) is 0.391. The lowest BCUT2D eigenvalue weighted by atomic mass is 9.75. The number of carboxylic acids is 2. The van der Waals surface area contributed by atoms with Crippen LogP contribution in [-0.2, 0) is 14.3 Å². The second-order valence-corrected chi connectivity index (χ2v) is 8.82. The van der Waals surface area contributed by atoms with Gasteiger partial charge in [0.2, 0.25) is 0 Å². The molecule has 0 saturated carbocycles. The average Bonchev–Trinajstić information content (AvgIpc) is 2.67. The number of quaternary nitrogens is 1. The second-order valence-electron chi connectivity index (χ2n) is 8.82. The Kier molecular flexibility index (Phi) is 11.6. The first-order valence-electron chi connectivity index (χ1n) is 10.8. The first kappa shape index (κ1) is 26.1. The van der Waals surface area contributed by atoms with Gasteiger partial charge in [0.05, 0.1) is 26.2 Å². The van der Waals surface area contributed by atoms with E-state index in [-0.39, 0.29) is 5.60 Å². The minimum Gasteiger partial charge on any atom is -0.539 e. The highest BCUT2D eigenvalue weighted by Gasteiger charge is 2.33. The predicted molar refractivity (Wildman–Crippen MR) is 114 cm³/mol. The molecule has 30 heavy (non-hydrogen) atoms. The molecular weight excluding hydrogens is 384 g/mol. The number of ether oxygens (including phenoxy) is 1. The molecule has 1 aromatic rings. The summed E-state index contributed by atoms with van der Waals surface area (Å²) in [5.74, 6) is -2.64. The van der Waals surface area contributed by atoms with E-state index < -0.39 is 11.9 Å². The van der Waals surface area contributed by atoms with Crippen LogP contribution in [0.25, 0.3) is 0 Å². The summed E-state index contributed by atoms with van der Waals surface area (Å²) in [5.41, 5.74) is 1.53. The van der Waals surface area contributed by atoms with E-state index in [1.54, 1.807) is 0 Å². The van der Waals surface area contributed by atoms with Crippen LogP contribution in [0.3, 0.4) is 0 Å². The van der Waals surface area contributed by atoms with Crippen molar-refractivity contribution in [2.24, 2.45) is 5.92 Å². The van der Waals surface area contributed by atoms with E-state index in [1.807, 2.05) is 0 Å². The van der Waals surface area contributed by atoms with Gasteiger partial charge >= 0.3 is 5.97 Å². The summed E-state index contributed by atoms with van der Waals surface area (Å²) in [6, 6.07) is 11.1. The molecule has 170 valence electrons. The fourth-order valence-electron chi connectivity index (χ4n) is 3.95. The Bertz CT molecular complexity index is 622. The highest BCUT2D eigenvalue weighted by molar-refractivity contribution is 6.26. The van der Waals surface area contributed by atoms with Crippen LogP contribution in [-0.4, -0.2) is 63.0 Å². The van der Waals surface area contributed by atoms with Crippen molar-refractivity contribution in [2.75, 3.05) is 40.3 Å². The smallest absolute Gasteiger partial charge is 0.351 e. The highest BCUT2D eigenvalue weighted by Crippen LogP contribution is 2.39. The SMILES string of the molecule is C[NH+](C)CCCNCCC(c1ccccc1)C1CCOC(C)(C)C1.O=C([O-])C(=O)O. The van der Waals surface area contributed by atoms with E-state index in [0.717, 1.165) is 32.0 Å². The van der Waals surface area contributed by atoms with Gasteiger partial charge in [-0.1, -0.05) is 30.3 Å². The number of rotatable bonds is 9. The summed E-state index contributed by atoms with van der Waals surface area (Å²) in [7, 11) is 4.44. The number of carboxylic acid groups (broad SMARTS) is 2. The van der Waals surface area contributed by atoms with Gasteiger partial charge in [-0.2, -0.15) is 0 Å². The first-order chi connectivity index (χ1) is 14.1. The molecule has 1 aliphatic rings. The van der Waals surface area contributed by atoms with Gasteiger partial charge in [0.1, 0.15) is 0 Å². The van der Waals surface area contributed by atoms with Crippen molar-refractivity contribution in [3.8, 4) is 0 Å². The Morgan fingerprint density at radius 2 is 1.90 bits per heavy atom. The molecule has 2 atom stereocenters. The van der Waals surface area contributed by atoms with Crippen molar-refractivity contribution in [3.05, 3.63) is 35.9 Å². The third-order valence-electron chi connectivity index (χ3n) is 5.37. The summed E-state index contributed by atoms with van der Waals surface area (Å²) in [6.07, 6.45) is 4.83. The summed E-state index contributed by atoms with van der Waals surface area (Å²) < 4.78 is 5.94. The molecule has 2 rings (SSSR count). The standard InChI is InChI=1S/C21H36N2O.C2H2O4/c1-21(2)17-19(12-16-24-21)20(18-9-6-5-7-10-18)11-14-22-13-8-15-23(3)4;3-1(4)2(5)6/h5-7,9-10,19-20,22H,8,11-17H2,1-4H3;(H,3,4)(H,5,6). The van der Waals surface area contributed by atoms with Gasteiger partial charge < -0.3 is 30.0 Å². The average molecular weight is 423 g/mol. The van der Waals surface area contributed by atoms with E-state index in [9.17, 15) is 0 Å². The lowest BCUT2D eigenvalue weighted by molar-refractivity contribution is -0.858. The molecular formula is C23H38N2O5. The minimum absolute atomic E-state index is 0.0257. The summed E-state index contributed by atoms with van der Waals surface area (Å²) >= 11 is 0. The normalized spacial score (nSPS) is 18.9. The van der Waals surface area contributed by atoms with Crippen molar-refractivity contribution in [1.29, 1.82) is 0 Å². The number of carbonyl (C=O) groups excluding carboxylic acids is 1.